The third-order valence-corrected chi connectivity index (χ3v) is 5.28. The van der Waals surface area contributed by atoms with Crippen LogP contribution in [0.1, 0.15) is 62.2 Å². The average Bonchev–Trinajstić information content (AvgIpc) is 3.24. The van der Waals surface area contributed by atoms with Crippen molar-refractivity contribution in [2.75, 3.05) is 18.5 Å². The SMILES string of the molecule is CC1Cc2ccccc2N1Cc1occc1C(=O)N(C)CCCC(=O)OC(C)(C)C. The van der Waals surface area contributed by atoms with Crippen LogP contribution in [0.2, 0.25) is 0 Å². The Hall–Kier alpha value is -2.76. The van der Waals surface area contributed by atoms with E-state index >= 15 is 0 Å². The molecule has 0 saturated carbocycles. The number of amides is 1. The topological polar surface area (TPSA) is 63.0 Å². The summed E-state index contributed by atoms with van der Waals surface area (Å²) in [4.78, 5) is 28.8. The van der Waals surface area contributed by atoms with Gasteiger partial charge >= 0.3 is 5.97 Å². The summed E-state index contributed by atoms with van der Waals surface area (Å²) in [6, 6.07) is 10.4. The van der Waals surface area contributed by atoms with Crippen LogP contribution in [0, 0.1) is 0 Å². The summed E-state index contributed by atoms with van der Waals surface area (Å²) in [5.41, 5.74) is 2.61. The Morgan fingerprint density at radius 2 is 1.97 bits per heavy atom. The molecule has 0 saturated heterocycles. The molecular weight excluding hydrogens is 380 g/mol. The van der Waals surface area contributed by atoms with Crippen molar-refractivity contribution in [3.63, 3.8) is 0 Å². The van der Waals surface area contributed by atoms with Crippen molar-refractivity contribution in [2.45, 2.75) is 65.1 Å². The molecule has 2 aromatic rings. The second kappa shape index (κ2) is 8.94. The fourth-order valence-electron chi connectivity index (χ4n) is 3.84. The number of rotatable bonds is 7. The summed E-state index contributed by atoms with van der Waals surface area (Å²) >= 11 is 0. The van der Waals surface area contributed by atoms with E-state index in [9.17, 15) is 9.59 Å². The number of carbonyl (C=O) groups excluding carboxylic acids is 2. The molecule has 1 aromatic carbocycles. The fraction of sp³-hybridized carbons (Fsp3) is 0.500. The number of para-hydroxylation sites is 1. The second-order valence-electron chi connectivity index (χ2n) is 8.98. The molecule has 0 fully saturated rings. The Labute approximate surface area is 178 Å². The van der Waals surface area contributed by atoms with Crippen LogP contribution < -0.4 is 4.90 Å². The molecule has 3 rings (SSSR count). The molecule has 6 heteroatoms. The van der Waals surface area contributed by atoms with Gasteiger partial charge in [-0.05, 0) is 58.2 Å². The summed E-state index contributed by atoms with van der Waals surface area (Å²) < 4.78 is 11.0. The van der Waals surface area contributed by atoms with Crippen LogP contribution >= 0.6 is 0 Å². The van der Waals surface area contributed by atoms with Crippen LogP contribution in [0.3, 0.4) is 0 Å². The monoisotopic (exact) mass is 412 g/mol. The van der Waals surface area contributed by atoms with Gasteiger partial charge in [-0.3, -0.25) is 9.59 Å². The van der Waals surface area contributed by atoms with Gasteiger partial charge in [0, 0.05) is 31.7 Å². The molecule has 1 atom stereocenters. The molecule has 1 aliphatic heterocycles. The number of nitrogens with zero attached hydrogens (tertiary/aromatic N) is 2. The number of carbonyl (C=O) groups is 2. The normalized spacial score (nSPS) is 15.8. The van der Waals surface area contributed by atoms with Gasteiger partial charge in [0.1, 0.15) is 11.4 Å². The highest BCUT2D eigenvalue weighted by Crippen LogP contribution is 2.33. The van der Waals surface area contributed by atoms with Crippen molar-refractivity contribution in [2.24, 2.45) is 0 Å². The van der Waals surface area contributed by atoms with Gasteiger partial charge in [-0.2, -0.15) is 0 Å². The van der Waals surface area contributed by atoms with E-state index in [0.29, 0.717) is 36.9 Å². The van der Waals surface area contributed by atoms with Crippen molar-refractivity contribution in [3.8, 4) is 0 Å². The molecule has 1 aliphatic rings. The van der Waals surface area contributed by atoms with Crippen molar-refractivity contribution < 1.29 is 18.7 Å². The lowest BCUT2D eigenvalue weighted by Gasteiger charge is -2.25. The first-order chi connectivity index (χ1) is 14.2. The van der Waals surface area contributed by atoms with E-state index in [1.807, 2.05) is 26.8 Å². The van der Waals surface area contributed by atoms with Gasteiger partial charge < -0.3 is 19.0 Å². The summed E-state index contributed by atoms with van der Waals surface area (Å²) in [6.07, 6.45) is 3.41. The van der Waals surface area contributed by atoms with Crippen LogP contribution in [0.4, 0.5) is 5.69 Å². The number of hydrogen-bond acceptors (Lipinski definition) is 5. The Morgan fingerprint density at radius 3 is 2.70 bits per heavy atom. The minimum absolute atomic E-state index is 0.0944. The van der Waals surface area contributed by atoms with E-state index in [4.69, 9.17) is 9.15 Å². The van der Waals surface area contributed by atoms with E-state index in [1.54, 1.807) is 24.3 Å². The van der Waals surface area contributed by atoms with E-state index in [-0.39, 0.29) is 18.3 Å². The Balaban J connectivity index is 1.59. The van der Waals surface area contributed by atoms with Gasteiger partial charge in [0.25, 0.3) is 5.91 Å². The average molecular weight is 413 g/mol. The fourth-order valence-corrected chi connectivity index (χ4v) is 3.84. The quantitative estimate of drug-likeness (QED) is 0.630. The van der Waals surface area contributed by atoms with Crippen LogP contribution in [-0.2, 0) is 22.5 Å². The number of benzene rings is 1. The number of hydrogen-bond donors (Lipinski definition) is 0. The van der Waals surface area contributed by atoms with Crippen LogP contribution in [0.15, 0.2) is 41.0 Å². The molecule has 0 aliphatic carbocycles. The van der Waals surface area contributed by atoms with E-state index in [1.165, 1.54) is 11.3 Å². The first-order valence-corrected chi connectivity index (χ1v) is 10.5. The first-order valence-electron chi connectivity index (χ1n) is 10.5. The minimum atomic E-state index is -0.490. The van der Waals surface area contributed by atoms with E-state index in [2.05, 4.69) is 30.0 Å². The lowest BCUT2D eigenvalue weighted by Crippen LogP contribution is -2.32. The molecule has 0 spiro atoms. The first kappa shape index (κ1) is 21.9. The van der Waals surface area contributed by atoms with Gasteiger partial charge in [-0.1, -0.05) is 18.2 Å². The number of furan rings is 1. The van der Waals surface area contributed by atoms with Crippen LogP contribution in [0.5, 0.6) is 0 Å². The Bertz CT molecular complexity index is 897. The van der Waals surface area contributed by atoms with Crippen molar-refractivity contribution in [3.05, 3.63) is 53.5 Å². The minimum Gasteiger partial charge on any atom is -0.467 e. The number of esters is 1. The van der Waals surface area contributed by atoms with Gasteiger partial charge in [0.2, 0.25) is 0 Å². The smallest absolute Gasteiger partial charge is 0.306 e. The number of ether oxygens (including phenoxy) is 1. The van der Waals surface area contributed by atoms with Gasteiger partial charge in [0.15, 0.2) is 0 Å². The molecule has 0 radical (unpaired) electrons. The molecule has 1 aromatic heterocycles. The molecule has 2 heterocycles. The maximum absolute atomic E-state index is 13.0. The zero-order chi connectivity index (χ0) is 21.9. The number of anilines is 1. The largest absolute Gasteiger partial charge is 0.467 e. The lowest BCUT2D eigenvalue weighted by molar-refractivity contribution is -0.154. The summed E-state index contributed by atoms with van der Waals surface area (Å²) in [5.74, 6) is 0.333. The molecule has 1 unspecified atom stereocenters. The molecule has 0 bridgehead atoms. The maximum atomic E-state index is 13.0. The third-order valence-electron chi connectivity index (χ3n) is 5.28. The van der Waals surface area contributed by atoms with Gasteiger partial charge in [-0.15, -0.1) is 0 Å². The Morgan fingerprint density at radius 1 is 1.23 bits per heavy atom. The zero-order valence-electron chi connectivity index (χ0n) is 18.6. The molecule has 30 heavy (non-hydrogen) atoms. The molecule has 162 valence electrons. The standard InChI is InChI=1S/C24H32N2O4/c1-17-15-18-9-6-7-10-20(18)26(17)16-21-19(12-14-29-21)23(28)25(5)13-8-11-22(27)30-24(2,3)4/h6-7,9-10,12,14,17H,8,11,13,15-16H2,1-5H3. The van der Waals surface area contributed by atoms with Crippen LogP contribution in [0.25, 0.3) is 0 Å². The third kappa shape index (κ3) is 5.23. The molecular formula is C24H32N2O4. The summed E-state index contributed by atoms with van der Waals surface area (Å²) in [6.45, 7) is 8.76. The highest BCUT2D eigenvalue weighted by atomic mass is 16.6. The van der Waals surface area contributed by atoms with Gasteiger partial charge in [0.05, 0.1) is 18.4 Å². The highest BCUT2D eigenvalue weighted by Gasteiger charge is 2.28. The van der Waals surface area contributed by atoms with Crippen molar-refractivity contribution in [1.82, 2.24) is 4.90 Å². The zero-order valence-corrected chi connectivity index (χ0v) is 18.6. The lowest BCUT2D eigenvalue weighted by atomic mass is 10.1. The second-order valence-corrected chi connectivity index (χ2v) is 8.98. The van der Waals surface area contributed by atoms with Gasteiger partial charge in [-0.25, -0.2) is 0 Å². The Kier molecular flexibility index (Phi) is 6.54. The maximum Gasteiger partial charge on any atom is 0.306 e. The predicted molar refractivity (Wildman–Crippen MR) is 117 cm³/mol. The number of fused-ring (bicyclic) bond motifs is 1. The van der Waals surface area contributed by atoms with E-state index < -0.39 is 5.60 Å². The highest BCUT2D eigenvalue weighted by molar-refractivity contribution is 5.95. The van der Waals surface area contributed by atoms with E-state index in [0.717, 1.165) is 6.42 Å². The molecule has 0 N–H and O–H groups in total. The molecule has 1 amide bonds. The van der Waals surface area contributed by atoms with Crippen molar-refractivity contribution >= 4 is 17.6 Å². The molecule has 6 nitrogen and oxygen atoms in total. The van der Waals surface area contributed by atoms with Crippen molar-refractivity contribution in [1.29, 1.82) is 0 Å². The summed E-state index contributed by atoms with van der Waals surface area (Å²) in [7, 11) is 1.75. The predicted octanol–water partition coefficient (Wildman–Crippen LogP) is 4.42. The summed E-state index contributed by atoms with van der Waals surface area (Å²) in [5, 5.41) is 0. The van der Waals surface area contributed by atoms with Crippen LogP contribution in [-0.4, -0.2) is 42.0 Å².